The van der Waals surface area contributed by atoms with Gasteiger partial charge in [-0.25, -0.2) is 13.8 Å². The second-order valence-electron chi connectivity index (χ2n) is 4.67. The second-order valence-corrected chi connectivity index (χ2v) is 4.67. The number of hydrogen-bond donors (Lipinski definition) is 2. The summed E-state index contributed by atoms with van der Waals surface area (Å²) in [5.41, 5.74) is 1.57. The fourth-order valence-electron chi connectivity index (χ4n) is 1.92. The van der Waals surface area contributed by atoms with Crippen molar-refractivity contribution in [1.29, 1.82) is 0 Å². The third kappa shape index (κ3) is 5.00. The van der Waals surface area contributed by atoms with Crippen LogP contribution in [-0.2, 0) is 13.2 Å². The number of halogens is 2. The lowest BCUT2D eigenvalue weighted by molar-refractivity contribution is 0.0792. The molecule has 0 aliphatic rings. The monoisotopic (exact) mass is 322 g/mol. The van der Waals surface area contributed by atoms with Gasteiger partial charge in [0.2, 0.25) is 5.88 Å². The molecule has 1 heterocycles. The number of alkyl halides is 2. The van der Waals surface area contributed by atoms with Gasteiger partial charge in [-0.05, 0) is 17.2 Å². The first-order chi connectivity index (χ1) is 11.1. The molecule has 0 fully saturated rings. The Balaban J connectivity index is 1.99. The van der Waals surface area contributed by atoms with Gasteiger partial charge >= 0.3 is 0 Å². The summed E-state index contributed by atoms with van der Waals surface area (Å²) in [6.45, 7) is -0.678. The lowest BCUT2D eigenvalue weighted by atomic mass is 10.1. The van der Waals surface area contributed by atoms with Gasteiger partial charge in [-0.3, -0.25) is 4.79 Å². The SMILES string of the molecule is O=C(NCc1ccccc1CO)c1cccc(OCC(F)F)n1. The molecule has 0 unspecified atom stereocenters. The number of hydrogen-bond acceptors (Lipinski definition) is 4. The number of aliphatic hydroxyl groups excluding tert-OH is 1. The van der Waals surface area contributed by atoms with Crippen LogP contribution in [-0.4, -0.2) is 29.0 Å². The Labute approximate surface area is 131 Å². The van der Waals surface area contributed by atoms with Crippen LogP contribution >= 0.6 is 0 Å². The Kier molecular flexibility index (Phi) is 5.99. The number of carbonyl (C=O) groups excluding carboxylic acids is 1. The molecule has 0 atom stereocenters. The summed E-state index contributed by atoms with van der Waals surface area (Å²) >= 11 is 0. The number of benzene rings is 1. The molecule has 1 aromatic carbocycles. The summed E-state index contributed by atoms with van der Waals surface area (Å²) in [6.07, 6.45) is -2.61. The topological polar surface area (TPSA) is 71.5 Å². The van der Waals surface area contributed by atoms with E-state index < -0.39 is 18.9 Å². The van der Waals surface area contributed by atoms with Gasteiger partial charge < -0.3 is 15.2 Å². The number of pyridine rings is 1. The van der Waals surface area contributed by atoms with E-state index in [2.05, 4.69) is 10.3 Å². The van der Waals surface area contributed by atoms with E-state index in [0.29, 0.717) is 0 Å². The van der Waals surface area contributed by atoms with Crippen LogP contribution in [0.2, 0.25) is 0 Å². The Morgan fingerprint density at radius 3 is 2.61 bits per heavy atom. The zero-order chi connectivity index (χ0) is 16.7. The average Bonchev–Trinajstić information content (AvgIpc) is 2.58. The highest BCUT2D eigenvalue weighted by molar-refractivity contribution is 5.92. The molecule has 23 heavy (non-hydrogen) atoms. The Morgan fingerprint density at radius 1 is 1.17 bits per heavy atom. The van der Waals surface area contributed by atoms with Crippen LogP contribution in [0.3, 0.4) is 0 Å². The fourth-order valence-corrected chi connectivity index (χ4v) is 1.92. The number of amides is 1. The Bertz CT molecular complexity index is 665. The van der Waals surface area contributed by atoms with Gasteiger partial charge in [0.25, 0.3) is 12.3 Å². The van der Waals surface area contributed by atoms with Crippen LogP contribution in [0.5, 0.6) is 5.88 Å². The van der Waals surface area contributed by atoms with E-state index in [1.165, 1.54) is 18.2 Å². The predicted molar refractivity (Wildman–Crippen MR) is 79.3 cm³/mol. The Morgan fingerprint density at radius 2 is 1.91 bits per heavy atom. The van der Waals surface area contributed by atoms with Crippen molar-refractivity contribution in [2.75, 3.05) is 6.61 Å². The maximum absolute atomic E-state index is 12.1. The maximum Gasteiger partial charge on any atom is 0.272 e. The van der Waals surface area contributed by atoms with Gasteiger partial charge in [0.05, 0.1) is 6.61 Å². The maximum atomic E-state index is 12.1. The van der Waals surface area contributed by atoms with Gasteiger partial charge in [0.15, 0.2) is 6.61 Å². The van der Waals surface area contributed by atoms with Crippen LogP contribution in [0.4, 0.5) is 8.78 Å². The molecule has 0 saturated carbocycles. The zero-order valence-electron chi connectivity index (χ0n) is 12.2. The van der Waals surface area contributed by atoms with Crippen LogP contribution in [0.25, 0.3) is 0 Å². The molecule has 0 bridgehead atoms. The minimum Gasteiger partial charge on any atom is -0.472 e. The summed E-state index contributed by atoms with van der Waals surface area (Å²) in [5.74, 6) is -0.492. The van der Waals surface area contributed by atoms with Crippen molar-refractivity contribution in [3.8, 4) is 5.88 Å². The third-order valence-corrected chi connectivity index (χ3v) is 3.04. The molecular weight excluding hydrogens is 306 g/mol. The van der Waals surface area contributed by atoms with Crippen molar-refractivity contribution in [2.24, 2.45) is 0 Å². The van der Waals surface area contributed by atoms with Crippen molar-refractivity contribution in [3.63, 3.8) is 0 Å². The van der Waals surface area contributed by atoms with Gasteiger partial charge in [-0.15, -0.1) is 0 Å². The van der Waals surface area contributed by atoms with Gasteiger partial charge in [-0.2, -0.15) is 0 Å². The van der Waals surface area contributed by atoms with E-state index in [-0.39, 0.29) is 24.7 Å². The zero-order valence-corrected chi connectivity index (χ0v) is 12.2. The van der Waals surface area contributed by atoms with Crippen molar-refractivity contribution in [3.05, 3.63) is 59.3 Å². The summed E-state index contributed by atoms with van der Waals surface area (Å²) in [7, 11) is 0. The van der Waals surface area contributed by atoms with E-state index in [0.717, 1.165) is 11.1 Å². The van der Waals surface area contributed by atoms with E-state index in [1.807, 2.05) is 0 Å². The fraction of sp³-hybridized carbons (Fsp3) is 0.250. The van der Waals surface area contributed by atoms with Crippen LogP contribution in [0.1, 0.15) is 21.6 Å². The molecule has 0 aliphatic heterocycles. The highest BCUT2D eigenvalue weighted by Crippen LogP contribution is 2.11. The van der Waals surface area contributed by atoms with E-state index in [9.17, 15) is 18.7 Å². The molecule has 5 nitrogen and oxygen atoms in total. The quantitative estimate of drug-likeness (QED) is 0.819. The molecule has 2 aromatic rings. The predicted octanol–water partition coefficient (Wildman–Crippen LogP) is 2.15. The molecule has 1 amide bonds. The first kappa shape index (κ1) is 16.8. The van der Waals surface area contributed by atoms with Gasteiger partial charge in [-0.1, -0.05) is 30.3 Å². The first-order valence-corrected chi connectivity index (χ1v) is 6.94. The molecule has 0 spiro atoms. The lowest BCUT2D eigenvalue weighted by Gasteiger charge is -2.09. The number of aromatic nitrogens is 1. The molecule has 2 N–H and O–H groups in total. The van der Waals surface area contributed by atoms with Gasteiger partial charge in [0.1, 0.15) is 5.69 Å². The molecule has 2 rings (SSSR count). The molecule has 0 saturated heterocycles. The van der Waals surface area contributed by atoms with E-state index in [1.54, 1.807) is 24.3 Å². The average molecular weight is 322 g/mol. The van der Waals surface area contributed by atoms with Gasteiger partial charge in [0, 0.05) is 12.6 Å². The summed E-state index contributed by atoms with van der Waals surface area (Å²) in [5, 5.41) is 11.9. The minimum atomic E-state index is -2.61. The number of nitrogens with zero attached hydrogens (tertiary/aromatic N) is 1. The molecule has 0 radical (unpaired) electrons. The number of ether oxygens (including phenoxy) is 1. The number of aliphatic hydroxyl groups is 1. The number of carbonyl (C=O) groups is 1. The summed E-state index contributed by atoms with van der Waals surface area (Å²) < 4.78 is 29.0. The van der Waals surface area contributed by atoms with Crippen molar-refractivity contribution >= 4 is 5.91 Å². The highest BCUT2D eigenvalue weighted by atomic mass is 19.3. The van der Waals surface area contributed by atoms with Crippen LogP contribution < -0.4 is 10.1 Å². The van der Waals surface area contributed by atoms with Crippen LogP contribution in [0.15, 0.2) is 42.5 Å². The summed E-state index contributed by atoms with van der Waals surface area (Å²) in [4.78, 5) is 16.0. The largest absolute Gasteiger partial charge is 0.472 e. The molecular formula is C16H16F2N2O3. The van der Waals surface area contributed by atoms with E-state index >= 15 is 0 Å². The number of rotatable bonds is 7. The number of nitrogens with one attached hydrogen (secondary N) is 1. The minimum absolute atomic E-state index is 0.0336. The smallest absolute Gasteiger partial charge is 0.272 e. The van der Waals surface area contributed by atoms with Crippen molar-refractivity contribution in [2.45, 2.75) is 19.6 Å². The molecule has 0 aliphatic carbocycles. The highest BCUT2D eigenvalue weighted by Gasteiger charge is 2.10. The summed E-state index contributed by atoms with van der Waals surface area (Å²) in [6, 6.07) is 11.5. The molecule has 1 aromatic heterocycles. The Hall–Kier alpha value is -2.54. The van der Waals surface area contributed by atoms with Crippen LogP contribution in [0, 0.1) is 0 Å². The standard InChI is InChI=1S/C16H16F2N2O3/c17-14(18)10-23-15-7-3-6-13(20-15)16(22)19-8-11-4-1-2-5-12(11)9-21/h1-7,14,21H,8-10H2,(H,19,22). The molecule has 122 valence electrons. The van der Waals surface area contributed by atoms with Crippen molar-refractivity contribution < 1.29 is 23.4 Å². The molecule has 7 heteroatoms. The van der Waals surface area contributed by atoms with Crippen molar-refractivity contribution in [1.82, 2.24) is 10.3 Å². The van der Waals surface area contributed by atoms with E-state index in [4.69, 9.17) is 4.74 Å². The normalized spacial score (nSPS) is 10.6. The second kappa shape index (κ2) is 8.19. The first-order valence-electron chi connectivity index (χ1n) is 6.94. The lowest BCUT2D eigenvalue weighted by Crippen LogP contribution is -2.24. The third-order valence-electron chi connectivity index (χ3n) is 3.04.